The average Bonchev–Trinajstić information content (AvgIpc) is 2.19. The molecule has 0 saturated heterocycles. The number of hydrogen-bond donors (Lipinski definition) is 2. The van der Waals surface area contributed by atoms with Gasteiger partial charge >= 0.3 is 0 Å². The van der Waals surface area contributed by atoms with Crippen molar-refractivity contribution in [3.8, 4) is 0 Å². The molecule has 0 aromatic rings. The Labute approximate surface area is 84.1 Å². The van der Waals surface area contributed by atoms with Crippen LogP contribution < -0.4 is 11.1 Å². The summed E-state index contributed by atoms with van der Waals surface area (Å²) in [6.45, 7) is 2.21. The number of nitrogens with two attached hydrogens (primary N) is 1. The van der Waals surface area contributed by atoms with Crippen LogP contribution in [-0.4, -0.2) is 12.3 Å². The average molecular weight is 189 g/mol. The Kier molecular flexibility index (Phi) is 2.15. The highest BCUT2D eigenvalue weighted by atomic mass is 15.0. The van der Waals surface area contributed by atoms with E-state index in [2.05, 4.69) is 41.5 Å². The molecular weight excluding hydrogens is 174 g/mol. The van der Waals surface area contributed by atoms with Crippen molar-refractivity contribution in [2.75, 3.05) is 0 Å². The van der Waals surface area contributed by atoms with Crippen molar-refractivity contribution in [2.45, 2.75) is 19.4 Å². The van der Waals surface area contributed by atoms with Gasteiger partial charge in [-0.15, -0.1) is 0 Å². The van der Waals surface area contributed by atoms with Crippen LogP contribution in [0.25, 0.3) is 0 Å². The second-order valence-corrected chi connectivity index (χ2v) is 3.99. The van der Waals surface area contributed by atoms with Crippen molar-refractivity contribution < 1.29 is 0 Å². The van der Waals surface area contributed by atoms with Gasteiger partial charge in [0.05, 0.1) is 6.04 Å². The molecule has 0 fully saturated rings. The molecule has 0 bridgehead atoms. The minimum atomic E-state index is 0.107. The lowest BCUT2D eigenvalue weighted by Gasteiger charge is -2.34. The molecular formula is C11H15N3. The molecule has 14 heavy (non-hydrogen) atoms. The third-order valence-corrected chi connectivity index (χ3v) is 2.78. The molecule has 0 amide bonds. The molecule has 74 valence electrons. The van der Waals surface area contributed by atoms with Crippen molar-refractivity contribution >= 4 is 6.21 Å². The number of hydrogen-bond acceptors (Lipinski definition) is 3. The molecule has 1 aliphatic carbocycles. The Balaban J connectivity index is 2.13. The largest absolute Gasteiger partial charge is 0.383 e. The van der Waals surface area contributed by atoms with E-state index in [9.17, 15) is 0 Å². The van der Waals surface area contributed by atoms with Crippen LogP contribution in [0.15, 0.2) is 41.3 Å². The molecule has 0 aromatic carbocycles. The van der Waals surface area contributed by atoms with E-state index in [1.165, 1.54) is 0 Å². The molecule has 0 saturated carbocycles. The van der Waals surface area contributed by atoms with Gasteiger partial charge in [0.1, 0.15) is 5.82 Å². The molecule has 0 spiro atoms. The summed E-state index contributed by atoms with van der Waals surface area (Å²) >= 11 is 0. The Hall–Kier alpha value is -1.51. The van der Waals surface area contributed by atoms with Crippen LogP contribution in [-0.2, 0) is 0 Å². The van der Waals surface area contributed by atoms with Crippen molar-refractivity contribution in [3.63, 3.8) is 0 Å². The van der Waals surface area contributed by atoms with Gasteiger partial charge in [0.15, 0.2) is 0 Å². The summed E-state index contributed by atoms with van der Waals surface area (Å²) in [5.41, 5.74) is 5.64. The fraction of sp³-hybridized carbons (Fsp3) is 0.364. The maximum Gasteiger partial charge on any atom is 0.138 e. The molecule has 2 unspecified atom stereocenters. The van der Waals surface area contributed by atoms with Crippen molar-refractivity contribution in [2.24, 2.45) is 16.1 Å². The van der Waals surface area contributed by atoms with Gasteiger partial charge in [-0.3, -0.25) is 0 Å². The number of rotatable bonds is 1. The predicted molar refractivity (Wildman–Crippen MR) is 58.7 cm³/mol. The maximum atomic E-state index is 5.54. The molecule has 2 rings (SSSR count). The first-order valence-corrected chi connectivity index (χ1v) is 4.81. The molecule has 1 aliphatic heterocycles. The third kappa shape index (κ3) is 1.58. The van der Waals surface area contributed by atoms with E-state index in [0.717, 1.165) is 6.42 Å². The molecule has 3 N–H and O–H groups in total. The van der Waals surface area contributed by atoms with Crippen LogP contribution in [0.2, 0.25) is 0 Å². The van der Waals surface area contributed by atoms with E-state index in [0.29, 0.717) is 5.82 Å². The number of nitrogens with zero attached hydrogens (tertiary/aromatic N) is 1. The van der Waals surface area contributed by atoms with Crippen molar-refractivity contribution in [3.05, 3.63) is 36.3 Å². The molecule has 0 radical (unpaired) electrons. The lowest BCUT2D eigenvalue weighted by atomic mass is 9.77. The van der Waals surface area contributed by atoms with Crippen LogP contribution in [0.4, 0.5) is 0 Å². The third-order valence-electron chi connectivity index (χ3n) is 2.78. The highest BCUT2D eigenvalue weighted by Gasteiger charge is 2.30. The minimum absolute atomic E-state index is 0.107. The summed E-state index contributed by atoms with van der Waals surface area (Å²) < 4.78 is 0. The Bertz CT molecular complexity index is 338. The monoisotopic (exact) mass is 189 g/mol. The Morgan fingerprint density at radius 1 is 1.57 bits per heavy atom. The van der Waals surface area contributed by atoms with Gasteiger partial charge in [0.2, 0.25) is 0 Å². The smallest absolute Gasteiger partial charge is 0.138 e. The first-order valence-electron chi connectivity index (χ1n) is 4.81. The van der Waals surface area contributed by atoms with Crippen LogP contribution >= 0.6 is 0 Å². The van der Waals surface area contributed by atoms with E-state index in [1.807, 2.05) is 6.21 Å². The highest BCUT2D eigenvalue weighted by Crippen LogP contribution is 2.31. The summed E-state index contributed by atoms with van der Waals surface area (Å²) in [6.07, 6.45) is 13.2. The zero-order valence-corrected chi connectivity index (χ0v) is 8.27. The van der Waals surface area contributed by atoms with Crippen LogP contribution in [0.1, 0.15) is 13.3 Å². The normalized spacial score (nSPS) is 35.2. The van der Waals surface area contributed by atoms with Crippen molar-refractivity contribution in [1.82, 2.24) is 5.32 Å². The highest BCUT2D eigenvalue weighted by molar-refractivity contribution is 5.69. The lowest BCUT2D eigenvalue weighted by Crippen LogP contribution is -2.43. The van der Waals surface area contributed by atoms with Crippen LogP contribution in [0.3, 0.4) is 0 Å². The second-order valence-electron chi connectivity index (χ2n) is 3.99. The fourth-order valence-electron chi connectivity index (χ4n) is 1.75. The molecule has 3 heteroatoms. The zero-order chi connectivity index (χ0) is 10.0. The summed E-state index contributed by atoms with van der Waals surface area (Å²) in [6, 6.07) is 0.232. The molecule has 0 aromatic heterocycles. The van der Waals surface area contributed by atoms with Gasteiger partial charge < -0.3 is 11.1 Å². The minimum Gasteiger partial charge on any atom is -0.383 e. The molecule has 2 atom stereocenters. The van der Waals surface area contributed by atoms with E-state index in [1.54, 1.807) is 6.20 Å². The Morgan fingerprint density at radius 3 is 3.00 bits per heavy atom. The topological polar surface area (TPSA) is 50.4 Å². The fourth-order valence-corrected chi connectivity index (χ4v) is 1.75. The van der Waals surface area contributed by atoms with Crippen LogP contribution in [0.5, 0.6) is 0 Å². The number of allylic oxidation sites excluding steroid dienone is 3. The second kappa shape index (κ2) is 3.33. The van der Waals surface area contributed by atoms with E-state index in [4.69, 9.17) is 5.73 Å². The number of aliphatic imine (C=N–C) groups is 1. The van der Waals surface area contributed by atoms with Gasteiger partial charge in [-0.25, -0.2) is 4.99 Å². The van der Waals surface area contributed by atoms with Gasteiger partial charge in [-0.2, -0.15) is 0 Å². The van der Waals surface area contributed by atoms with Gasteiger partial charge in [-0.05, 0) is 6.42 Å². The summed E-state index contributed by atoms with van der Waals surface area (Å²) in [5.74, 6) is 0.542. The predicted octanol–water partition coefficient (Wildman–Crippen LogP) is 1.31. The quantitative estimate of drug-likeness (QED) is 0.653. The number of nitrogens with one attached hydrogen (secondary N) is 1. The molecule has 3 nitrogen and oxygen atoms in total. The summed E-state index contributed by atoms with van der Waals surface area (Å²) in [5, 5.41) is 3.26. The van der Waals surface area contributed by atoms with Gasteiger partial charge in [0, 0.05) is 17.8 Å². The van der Waals surface area contributed by atoms with E-state index < -0.39 is 0 Å². The first-order chi connectivity index (χ1) is 6.71. The first kappa shape index (κ1) is 9.06. The molecule has 1 heterocycles. The lowest BCUT2D eigenvalue weighted by molar-refractivity contribution is 0.369. The standard InChI is InChI=1S/C11H15N3/c1-11(5-3-2-4-6-11)9-7-14-10(12)8-13-9/h2-5,7-9,13H,6,12H2,1H3. The van der Waals surface area contributed by atoms with E-state index in [-0.39, 0.29) is 11.5 Å². The summed E-state index contributed by atoms with van der Waals surface area (Å²) in [7, 11) is 0. The van der Waals surface area contributed by atoms with Crippen molar-refractivity contribution in [1.29, 1.82) is 0 Å². The molecule has 2 aliphatic rings. The Morgan fingerprint density at radius 2 is 2.43 bits per heavy atom. The van der Waals surface area contributed by atoms with Gasteiger partial charge in [-0.1, -0.05) is 31.2 Å². The van der Waals surface area contributed by atoms with Gasteiger partial charge in [0.25, 0.3) is 0 Å². The SMILES string of the molecule is CC1(C2C=NC(N)=CN2)C=CC=CC1. The van der Waals surface area contributed by atoms with Crippen LogP contribution in [0, 0.1) is 5.41 Å². The van der Waals surface area contributed by atoms with E-state index >= 15 is 0 Å². The summed E-state index contributed by atoms with van der Waals surface area (Å²) in [4.78, 5) is 4.13. The maximum absolute atomic E-state index is 5.54. The zero-order valence-electron chi connectivity index (χ0n) is 8.27.